The first-order valence-electron chi connectivity index (χ1n) is 7.06. The number of fused-ring (bicyclic) bond motifs is 1. The van der Waals surface area contributed by atoms with Crippen LogP contribution in [-0.2, 0) is 0 Å². The van der Waals surface area contributed by atoms with E-state index < -0.39 is 18.0 Å². The van der Waals surface area contributed by atoms with E-state index in [4.69, 9.17) is 11.6 Å². The first-order chi connectivity index (χ1) is 9.95. The largest absolute Gasteiger partial charge is 0.390 e. The van der Waals surface area contributed by atoms with Crippen LogP contribution in [0.1, 0.15) is 23.2 Å². The van der Waals surface area contributed by atoms with Crippen molar-refractivity contribution >= 4 is 17.5 Å². The standard InChI is InChI=1S/C15H17ClFNO3/c16-12-2-1-10(17)5-11(12)15(21)18-6-8-3-13(19)14(20)4-9(8)7-18/h1-2,5,8-9,13-14,19-20H,3-4,6-7H2/t8-,9+,13+,14-. The van der Waals surface area contributed by atoms with E-state index in [2.05, 4.69) is 0 Å². The summed E-state index contributed by atoms with van der Waals surface area (Å²) < 4.78 is 13.3. The minimum atomic E-state index is -0.723. The van der Waals surface area contributed by atoms with Gasteiger partial charge >= 0.3 is 0 Å². The number of carbonyl (C=O) groups is 1. The van der Waals surface area contributed by atoms with Crippen molar-refractivity contribution in [2.75, 3.05) is 13.1 Å². The molecule has 114 valence electrons. The topological polar surface area (TPSA) is 60.8 Å². The molecule has 0 bridgehead atoms. The van der Waals surface area contributed by atoms with E-state index in [1.54, 1.807) is 4.90 Å². The third kappa shape index (κ3) is 2.78. The van der Waals surface area contributed by atoms with Crippen molar-refractivity contribution in [3.63, 3.8) is 0 Å². The number of likely N-dealkylation sites (tertiary alicyclic amines) is 1. The van der Waals surface area contributed by atoms with Gasteiger partial charge in [-0.3, -0.25) is 4.79 Å². The van der Waals surface area contributed by atoms with Crippen LogP contribution in [0.25, 0.3) is 0 Å². The Morgan fingerprint density at radius 1 is 1.19 bits per heavy atom. The monoisotopic (exact) mass is 313 g/mol. The number of aliphatic hydroxyl groups is 2. The number of hydrogen-bond donors (Lipinski definition) is 2. The predicted octanol–water partition coefficient (Wildman–Crippen LogP) is 1.68. The van der Waals surface area contributed by atoms with Gasteiger partial charge in [-0.05, 0) is 42.9 Å². The van der Waals surface area contributed by atoms with Gasteiger partial charge < -0.3 is 15.1 Å². The lowest BCUT2D eigenvalue weighted by atomic mass is 9.79. The predicted molar refractivity (Wildman–Crippen MR) is 75.5 cm³/mol. The average molecular weight is 314 g/mol. The summed E-state index contributed by atoms with van der Waals surface area (Å²) in [5.74, 6) is -0.428. The second kappa shape index (κ2) is 5.55. The average Bonchev–Trinajstić information content (AvgIpc) is 2.84. The van der Waals surface area contributed by atoms with Crippen LogP contribution in [0.2, 0.25) is 5.02 Å². The van der Waals surface area contributed by atoms with Crippen molar-refractivity contribution in [3.05, 3.63) is 34.6 Å². The SMILES string of the molecule is O=C(c1cc(F)ccc1Cl)N1C[C@H]2C[C@H](O)[C@H](O)C[C@H]2C1. The maximum atomic E-state index is 13.3. The Labute approximate surface area is 127 Å². The van der Waals surface area contributed by atoms with E-state index in [-0.39, 0.29) is 28.3 Å². The number of rotatable bonds is 1. The molecule has 1 amide bonds. The van der Waals surface area contributed by atoms with Crippen LogP contribution in [-0.4, -0.2) is 46.3 Å². The molecule has 0 spiro atoms. The molecule has 1 saturated carbocycles. The molecule has 1 saturated heterocycles. The van der Waals surface area contributed by atoms with Crippen molar-refractivity contribution in [2.24, 2.45) is 11.8 Å². The molecule has 2 aliphatic rings. The fourth-order valence-electron chi connectivity index (χ4n) is 3.40. The Bertz CT molecular complexity index is 550. The summed E-state index contributed by atoms with van der Waals surface area (Å²) in [6, 6.07) is 3.74. The first-order valence-corrected chi connectivity index (χ1v) is 7.44. The van der Waals surface area contributed by atoms with Gasteiger partial charge in [0.15, 0.2) is 0 Å². The van der Waals surface area contributed by atoms with Crippen LogP contribution in [0.15, 0.2) is 18.2 Å². The highest BCUT2D eigenvalue weighted by molar-refractivity contribution is 6.33. The van der Waals surface area contributed by atoms with Gasteiger partial charge in [-0.25, -0.2) is 4.39 Å². The van der Waals surface area contributed by atoms with E-state index in [1.165, 1.54) is 12.1 Å². The second-order valence-electron chi connectivity index (χ2n) is 5.96. The first kappa shape index (κ1) is 14.8. The van der Waals surface area contributed by atoms with Gasteiger partial charge in [0.25, 0.3) is 5.91 Å². The minimum Gasteiger partial charge on any atom is -0.390 e. The molecule has 1 aromatic carbocycles. The molecule has 21 heavy (non-hydrogen) atoms. The van der Waals surface area contributed by atoms with Gasteiger partial charge in [-0.1, -0.05) is 11.6 Å². The number of nitrogens with zero attached hydrogens (tertiary/aromatic N) is 1. The summed E-state index contributed by atoms with van der Waals surface area (Å²) in [5, 5.41) is 19.7. The number of aliphatic hydroxyl groups excluding tert-OH is 2. The molecule has 1 aliphatic carbocycles. The van der Waals surface area contributed by atoms with Crippen molar-refractivity contribution in [1.29, 1.82) is 0 Å². The van der Waals surface area contributed by atoms with E-state index in [1.807, 2.05) is 0 Å². The number of carbonyl (C=O) groups excluding carboxylic acids is 1. The van der Waals surface area contributed by atoms with Crippen LogP contribution in [0.3, 0.4) is 0 Å². The molecule has 1 aromatic rings. The quantitative estimate of drug-likeness (QED) is 0.829. The molecule has 3 rings (SSSR count). The van der Waals surface area contributed by atoms with Crippen molar-refractivity contribution in [1.82, 2.24) is 4.90 Å². The Hall–Kier alpha value is -1.17. The highest BCUT2D eigenvalue weighted by atomic mass is 35.5. The zero-order valence-corrected chi connectivity index (χ0v) is 12.1. The lowest BCUT2D eigenvalue weighted by Crippen LogP contribution is -2.38. The molecule has 2 N–H and O–H groups in total. The fourth-order valence-corrected chi connectivity index (χ4v) is 3.60. The van der Waals surface area contributed by atoms with Gasteiger partial charge in [0, 0.05) is 13.1 Å². The number of benzene rings is 1. The molecule has 2 fully saturated rings. The van der Waals surface area contributed by atoms with Gasteiger partial charge in [-0.15, -0.1) is 0 Å². The van der Waals surface area contributed by atoms with Gasteiger partial charge in [0.05, 0.1) is 22.8 Å². The Morgan fingerprint density at radius 2 is 1.76 bits per heavy atom. The van der Waals surface area contributed by atoms with Gasteiger partial charge in [0.2, 0.25) is 0 Å². The summed E-state index contributed by atoms with van der Waals surface area (Å²) in [4.78, 5) is 14.1. The zero-order chi connectivity index (χ0) is 15.1. The minimum absolute atomic E-state index is 0.163. The molecule has 6 heteroatoms. The summed E-state index contributed by atoms with van der Waals surface area (Å²) in [6.45, 7) is 1.03. The zero-order valence-electron chi connectivity index (χ0n) is 11.4. The maximum Gasteiger partial charge on any atom is 0.255 e. The van der Waals surface area contributed by atoms with E-state index in [0.29, 0.717) is 25.9 Å². The van der Waals surface area contributed by atoms with Crippen molar-refractivity contribution in [2.45, 2.75) is 25.0 Å². The van der Waals surface area contributed by atoms with Crippen LogP contribution in [0, 0.1) is 17.7 Å². The Kier molecular flexibility index (Phi) is 3.90. The molecule has 0 unspecified atom stereocenters. The molecular formula is C15H17ClFNO3. The van der Waals surface area contributed by atoms with Crippen LogP contribution < -0.4 is 0 Å². The van der Waals surface area contributed by atoms with E-state index >= 15 is 0 Å². The molecule has 0 aromatic heterocycles. The fraction of sp³-hybridized carbons (Fsp3) is 0.533. The Balaban J connectivity index is 1.77. The third-order valence-corrected chi connectivity index (χ3v) is 4.88. The lowest BCUT2D eigenvalue weighted by Gasteiger charge is -2.31. The summed E-state index contributed by atoms with van der Waals surface area (Å²) in [7, 11) is 0. The highest BCUT2D eigenvalue weighted by Crippen LogP contribution is 2.37. The van der Waals surface area contributed by atoms with Crippen molar-refractivity contribution in [3.8, 4) is 0 Å². The summed E-state index contributed by atoms with van der Waals surface area (Å²) in [5.41, 5.74) is 0.163. The normalized spacial score (nSPS) is 32.1. The highest BCUT2D eigenvalue weighted by Gasteiger charge is 2.42. The molecule has 4 nitrogen and oxygen atoms in total. The van der Waals surface area contributed by atoms with E-state index in [0.717, 1.165) is 6.07 Å². The van der Waals surface area contributed by atoms with Crippen LogP contribution in [0.5, 0.6) is 0 Å². The van der Waals surface area contributed by atoms with Crippen LogP contribution >= 0.6 is 11.6 Å². The van der Waals surface area contributed by atoms with Gasteiger partial charge in [-0.2, -0.15) is 0 Å². The van der Waals surface area contributed by atoms with Gasteiger partial charge in [0.1, 0.15) is 5.82 Å². The summed E-state index contributed by atoms with van der Waals surface area (Å²) >= 11 is 5.97. The molecular weight excluding hydrogens is 297 g/mol. The molecule has 1 heterocycles. The van der Waals surface area contributed by atoms with Crippen molar-refractivity contribution < 1.29 is 19.4 Å². The smallest absolute Gasteiger partial charge is 0.255 e. The second-order valence-corrected chi connectivity index (χ2v) is 6.37. The third-order valence-electron chi connectivity index (χ3n) is 4.56. The Morgan fingerprint density at radius 3 is 2.33 bits per heavy atom. The number of halogens is 2. The molecule has 1 aliphatic heterocycles. The molecule has 4 atom stereocenters. The maximum absolute atomic E-state index is 13.3. The van der Waals surface area contributed by atoms with E-state index in [9.17, 15) is 19.4 Å². The molecule has 0 radical (unpaired) electrons. The lowest BCUT2D eigenvalue weighted by molar-refractivity contribution is -0.0372. The van der Waals surface area contributed by atoms with Crippen LogP contribution in [0.4, 0.5) is 4.39 Å². The summed E-state index contributed by atoms with van der Waals surface area (Å²) in [6.07, 6.45) is -0.461. The number of amides is 1. The number of hydrogen-bond acceptors (Lipinski definition) is 3.